The summed E-state index contributed by atoms with van der Waals surface area (Å²) in [6.07, 6.45) is 7.35. The molecular weight excluding hydrogens is 1080 g/mol. The lowest BCUT2D eigenvalue weighted by atomic mass is 9.49. The van der Waals surface area contributed by atoms with Crippen LogP contribution in [-0.4, -0.2) is 83.0 Å². The number of hydrogen-bond acceptors (Lipinski definition) is 10. The number of hydrogen-bond donors (Lipinski definition) is 0. The summed E-state index contributed by atoms with van der Waals surface area (Å²) in [5, 5.41) is 0. The quantitative estimate of drug-likeness (QED) is 0.144. The third-order valence-corrected chi connectivity index (χ3v) is 17.0. The summed E-state index contributed by atoms with van der Waals surface area (Å²) in [4.78, 5) is 8.46. The van der Waals surface area contributed by atoms with Gasteiger partial charge in [0.25, 0.3) is 0 Å². The first-order valence-corrected chi connectivity index (χ1v) is 27.0. The van der Waals surface area contributed by atoms with Crippen LogP contribution in [0.1, 0.15) is 126 Å². The highest BCUT2D eigenvalue weighted by molar-refractivity contribution is 9.11. The zero-order valence-electron chi connectivity index (χ0n) is 45.9. The number of pyridine rings is 2. The van der Waals surface area contributed by atoms with Gasteiger partial charge in [0.1, 0.15) is 0 Å². The predicted octanol–water partition coefficient (Wildman–Crippen LogP) is 14.5. The van der Waals surface area contributed by atoms with Gasteiger partial charge in [-0.15, -0.1) is 0 Å². The summed E-state index contributed by atoms with van der Waals surface area (Å²) < 4.78 is 51.7. The molecule has 0 N–H and O–H groups in total. The van der Waals surface area contributed by atoms with Gasteiger partial charge in [-0.25, -0.2) is 0 Å². The Hall–Kier alpha value is -3.92. The molecular formula is C60H78B4Br2N2O8. The molecule has 2 aromatic heterocycles. The molecule has 4 fully saturated rings. The fourth-order valence-corrected chi connectivity index (χ4v) is 9.91. The lowest BCUT2D eigenvalue weighted by Crippen LogP contribution is -2.41. The number of benzene rings is 4. The molecule has 0 aliphatic carbocycles. The van der Waals surface area contributed by atoms with Gasteiger partial charge in [0, 0.05) is 44.9 Å². The molecule has 0 spiro atoms. The van der Waals surface area contributed by atoms with Gasteiger partial charge < -0.3 is 37.2 Å². The average molecular weight is 1160 g/mol. The summed E-state index contributed by atoms with van der Waals surface area (Å²) in [5.74, 6) is 0. The second-order valence-electron chi connectivity index (χ2n) is 23.6. The van der Waals surface area contributed by atoms with Gasteiger partial charge in [-0.2, -0.15) is 0 Å². The van der Waals surface area contributed by atoms with Crippen molar-refractivity contribution in [1.29, 1.82) is 0 Å². The van der Waals surface area contributed by atoms with E-state index in [9.17, 15) is 0 Å². The lowest BCUT2D eigenvalue weighted by Gasteiger charge is -2.32. The SMILES string of the molecule is Brc1cc(Br)cc(-c2cccc(-c3cccnc3)c2)c1.C.C.CC1(C)OB(B2OC(C)(C)C(C)(C)O2)OC1(C)C.CC1(C)OB(c2cc(B3OC(C)(C)C(C)(C)O3)cc(-c3cccc(-c4cccnc4)c3)c2)OC1(C)C. The van der Waals surface area contributed by atoms with Crippen LogP contribution >= 0.6 is 31.9 Å². The lowest BCUT2D eigenvalue weighted by molar-refractivity contribution is 0.00578. The maximum atomic E-state index is 6.42. The second kappa shape index (κ2) is 22.7. The van der Waals surface area contributed by atoms with E-state index in [1.165, 1.54) is 16.7 Å². The van der Waals surface area contributed by atoms with Crippen molar-refractivity contribution < 1.29 is 37.2 Å². The van der Waals surface area contributed by atoms with Crippen molar-refractivity contribution in [1.82, 2.24) is 9.97 Å². The van der Waals surface area contributed by atoms with Crippen molar-refractivity contribution in [3.63, 3.8) is 0 Å². The molecule has 10 rings (SSSR count). The number of aromatic nitrogens is 2. The van der Waals surface area contributed by atoms with Crippen LogP contribution in [0.2, 0.25) is 0 Å². The molecule has 76 heavy (non-hydrogen) atoms. The minimum atomic E-state index is -0.488. The fraction of sp³-hybridized carbons (Fsp3) is 0.433. The Morgan fingerprint density at radius 2 is 0.592 bits per heavy atom. The zero-order chi connectivity index (χ0) is 53.9. The van der Waals surface area contributed by atoms with Gasteiger partial charge in [0.2, 0.25) is 0 Å². The van der Waals surface area contributed by atoms with E-state index in [2.05, 4.69) is 188 Å². The third-order valence-electron chi connectivity index (χ3n) is 16.0. The van der Waals surface area contributed by atoms with Crippen LogP contribution in [0.5, 0.6) is 0 Å². The Balaban J connectivity index is 0.000000199. The summed E-state index contributed by atoms with van der Waals surface area (Å²) in [5.41, 5.74) is 7.72. The highest BCUT2D eigenvalue weighted by atomic mass is 79.9. The smallest absolute Gasteiger partial charge is 0.405 e. The Bertz CT molecular complexity index is 2790. The van der Waals surface area contributed by atoms with Crippen LogP contribution in [0.3, 0.4) is 0 Å². The van der Waals surface area contributed by atoms with Crippen LogP contribution < -0.4 is 10.9 Å². The number of halogens is 2. The maximum Gasteiger partial charge on any atom is 0.494 e. The summed E-state index contributed by atoms with van der Waals surface area (Å²) in [6.45, 7) is 32.8. The van der Waals surface area contributed by atoms with E-state index in [0.717, 1.165) is 47.7 Å². The molecule has 16 heteroatoms. The van der Waals surface area contributed by atoms with E-state index in [-0.39, 0.29) is 37.3 Å². The normalized spacial score (nSPS) is 20.6. The van der Waals surface area contributed by atoms with Crippen molar-refractivity contribution in [3.05, 3.63) is 143 Å². The number of nitrogens with zero attached hydrogens (tertiary/aromatic N) is 2. The Morgan fingerprint density at radius 3 is 0.895 bits per heavy atom. The molecule has 4 aromatic carbocycles. The summed E-state index contributed by atoms with van der Waals surface area (Å²) in [6, 6.07) is 37.7. The molecule has 0 atom stereocenters. The molecule has 0 radical (unpaired) electrons. The van der Waals surface area contributed by atoms with E-state index >= 15 is 0 Å². The van der Waals surface area contributed by atoms with Gasteiger partial charge in [-0.1, -0.05) is 113 Å². The molecule has 0 amide bonds. The largest absolute Gasteiger partial charge is 0.494 e. The minimum absolute atomic E-state index is 0. The first-order valence-electron chi connectivity index (χ1n) is 25.4. The molecule has 6 aromatic rings. The average Bonchev–Trinajstić information content (AvgIpc) is 3.89. The van der Waals surface area contributed by atoms with Gasteiger partial charge in [-0.3, -0.25) is 9.97 Å². The minimum Gasteiger partial charge on any atom is -0.405 e. The molecule has 402 valence electrons. The van der Waals surface area contributed by atoms with Crippen LogP contribution in [0.25, 0.3) is 44.5 Å². The molecule has 0 saturated carbocycles. The van der Waals surface area contributed by atoms with Crippen LogP contribution in [-0.2, 0) is 37.2 Å². The highest BCUT2D eigenvalue weighted by Gasteiger charge is 2.64. The number of rotatable bonds is 7. The zero-order valence-corrected chi connectivity index (χ0v) is 49.1. The molecule has 4 aliphatic heterocycles. The van der Waals surface area contributed by atoms with E-state index < -0.39 is 50.7 Å². The van der Waals surface area contributed by atoms with Crippen LogP contribution in [0.15, 0.2) is 143 Å². The van der Waals surface area contributed by atoms with Gasteiger partial charge >= 0.3 is 28.3 Å². The van der Waals surface area contributed by atoms with Crippen molar-refractivity contribution >= 4 is 71.0 Å². The van der Waals surface area contributed by atoms with E-state index in [0.29, 0.717) is 0 Å². The first kappa shape index (κ1) is 61.3. The fourth-order valence-electron chi connectivity index (χ4n) is 8.62. The standard InChI is InChI=1S/C29H35B2NO4.C17H11Br2N.C12H24B2O4.2CH4/c1-26(2)27(3,4)34-30(33-26)24-16-23(17-25(18-24)31-35-28(5,6)29(7,8)36-31)21-12-9-11-20(15-21)22-13-10-14-32-19-22;18-16-8-15(9-17(19)10-16)13-4-1-3-12(7-13)14-5-2-6-20-11-14;1-9(2)10(3,4)16-13(15-9)14-17-11(5,6)12(7,8)18-14;;/h9-19H,1-8H3;1-11H;1-8H3;2*1H4. The van der Waals surface area contributed by atoms with E-state index in [4.69, 9.17) is 37.2 Å². The Labute approximate surface area is 473 Å². The van der Waals surface area contributed by atoms with Gasteiger partial charge in [-0.05, 0) is 198 Å². The van der Waals surface area contributed by atoms with Crippen molar-refractivity contribution in [2.24, 2.45) is 0 Å². The van der Waals surface area contributed by atoms with Crippen LogP contribution in [0, 0.1) is 0 Å². The second-order valence-corrected chi connectivity index (χ2v) is 25.4. The highest BCUT2D eigenvalue weighted by Crippen LogP contribution is 2.44. The monoisotopic (exact) mass is 1160 g/mol. The van der Waals surface area contributed by atoms with Gasteiger partial charge in [0.05, 0.1) is 44.8 Å². The van der Waals surface area contributed by atoms with Crippen LogP contribution in [0.4, 0.5) is 0 Å². The molecule has 6 heterocycles. The maximum absolute atomic E-state index is 6.42. The molecule has 10 nitrogen and oxygen atoms in total. The summed E-state index contributed by atoms with van der Waals surface area (Å²) in [7, 11) is -1.93. The molecule has 4 saturated heterocycles. The Kier molecular flexibility index (Phi) is 18.3. The first-order chi connectivity index (χ1) is 34.4. The molecule has 4 aliphatic rings. The Morgan fingerprint density at radius 1 is 0.316 bits per heavy atom. The summed E-state index contributed by atoms with van der Waals surface area (Å²) >= 11 is 7.07. The van der Waals surface area contributed by atoms with Crippen molar-refractivity contribution in [2.75, 3.05) is 0 Å². The third kappa shape index (κ3) is 13.1. The topological polar surface area (TPSA) is 99.6 Å². The van der Waals surface area contributed by atoms with Crippen molar-refractivity contribution in [2.45, 2.75) is 170 Å². The van der Waals surface area contributed by atoms with E-state index in [1.807, 2.05) is 86.0 Å². The van der Waals surface area contributed by atoms with Gasteiger partial charge in [0.15, 0.2) is 0 Å². The van der Waals surface area contributed by atoms with Crippen molar-refractivity contribution in [3.8, 4) is 44.5 Å². The van der Waals surface area contributed by atoms with E-state index in [1.54, 1.807) is 12.4 Å². The molecule has 0 bridgehead atoms. The predicted molar refractivity (Wildman–Crippen MR) is 323 cm³/mol. The molecule has 0 unspecified atom stereocenters.